The number of hydrogen-bond donors (Lipinski definition) is 2. The van der Waals surface area contributed by atoms with Gasteiger partial charge in [0.05, 0.1) is 6.61 Å². The first-order valence-corrected chi connectivity index (χ1v) is 5.01. The normalized spacial score (nSPS) is 25.8. The van der Waals surface area contributed by atoms with E-state index in [-0.39, 0.29) is 18.6 Å². The lowest BCUT2D eigenvalue weighted by atomic mass is 9.92. The molecule has 2 N–H and O–H groups in total. The molecule has 15 heavy (non-hydrogen) atoms. The lowest BCUT2D eigenvalue weighted by Crippen LogP contribution is -2.29. The third kappa shape index (κ3) is 2.01. The summed E-state index contributed by atoms with van der Waals surface area (Å²) < 4.78 is 26.2. The van der Waals surface area contributed by atoms with Crippen molar-refractivity contribution in [2.24, 2.45) is 0 Å². The molecule has 0 radical (unpaired) electrons. The molecule has 2 nitrogen and oxygen atoms in total. The molecule has 1 aliphatic rings. The summed E-state index contributed by atoms with van der Waals surface area (Å²) in [4.78, 5) is 0. The SMILES string of the molecule is OC[C@H]1NCC[C@@H]1c1ccc(F)cc1F. The Balaban J connectivity index is 2.28. The molecule has 1 aromatic carbocycles. The van der Waals surface area contributed by atoms with Crippen LogP contribution < -0.4 is 5.32 Å². The first-order valence-electron chi connectivity index (χ1n) is 5.01. The van der Waals surface area contributed by atoms with E-state index in [4.69, 9.17) is 5.11 Å². The second kappa shape index (κ2) is 4.24. The number of halogens is 2. The summed E-state index contributed by atoms with van der Waals surface area (Å²) >= 11 is 0. The summed E-state index contributed by atoms with van der Waals surface area (Å²) in [5.74, 6) is -1.15. The van der Waals surface area contributed by atoms with Crippen molar-refractivity contribution >= 4 is 0 Å². The maximum Gasteiger partial charge on any atom is 0.129 e. The summed E-state index contributed by atoms with van der Waals surface area (Å²) in [5, 5.41) is 12.2. The zero-order valence-corrected chi connectivity index (χ0v) is 8.21. The molecule has 1 fully saturated rings. The van der Waals surface area contributed by atoms with Crippen molar-refractivity contribution in [2.45, 2.75) is 18.4 Å². The van der Waals surface area contributed by atoms with E-state index in [2.05, 4.69) is 5.32 Å². The molecule has 1 aromatic rings. The van der Waals surface area contributed by atoms with E-state index in [1.165, 1.54) is 12.1 Å². The van der Waals surface area contributed by atoms with Crippen LogP contribution in [0.2, 0.25) is 0 Å². The molecule has 0 aliphatic carbocycles. The maximum absolute atomic E-state index is 13.5. The molecule has 4 heteroatoms. The summed E-state index contributed by atoms with van der Waals surface area (Å²) in [6, 6.07) is 3.49. The van der Waals surface area contributed by atoms with Crippen molar-refractivity contribution in [1.29, 1.82) is 0 Å². The third-order valence-electron chi connectivity index (χ3n) is 2.91. The Morgan fingerprint density at radius 1 is 1.40 bits per heavy atom. The molecule has 1 aliphatic heterocycles. The zero-order valence-electron chi connectivity index (χ0n) is 8.21. The summed E-state index contributed by atoms with van der Waals surface area (Å²) in [6.45, 7) is 0.730. The topological polar surface area (TPSA) is 32.3 Å². The first-order chi connectivity index (χ1) is 7.22. The molecule has 2 atom stereocenters. The van der Waals surface area contributed by atoms with Gasteiger partial charge >= 0.3 is 0 Å². The minimum atomic E-state index is -0.567. The van der Waals surface area contributed by atoms with E-state index in [1.807, 2.05) is 0 Å². The van der Waals surface area contributed by atoms with Gasteiger partial charge in [-0.1, -0.05) is 6.07 Å². The number of rotatable bonds is 2. The Hall–Kier alpha value is -1.00. The molecule has 0 amide bonds. The molecule has 0 spiro atoms. The molecule has 2 rings (SSSR count). The van der Waals surface area contributed by atoms with Gasteiger partial charge in [-0.15, -0.1) is 0 Å². The Kier molecular flexibility index (Phi) is 2.98. The number of benzene rings is 1. The van der Waals surface area contributed by atoms with E-state index in [9.17, 15) is 8.78 Å². The van der Waals surface area contributed by atoms with E-state index < -0.39 is 11.6 Å². The summed E-state index contributed by atoms with van der Waals surface area (Å²) in [7, 11) is 0. The van der Waals surface area contributed by atoms with Gasteiger partial charge in [0.1, 0.15) is 11.6 Å². The highest BCUT2D eigenvalue weighted by Gasteiger charge is 2.29. The predicted octanol–water partition coefficient (Wildman–Crippen LogP) is 1.40. The van der Waals surface area contributed by atoms with Crippen molar-refractivity contribution < 1.29 is 13.9 Å². The van der Waals surface area contributed by atoms with Crippen LogP contribution >= 0.6 is 0 Å². The van der Waals surface area contributed by atoms with Crippen LogP contribution in [0.3, 0.4) is 0 Å². The van der Waals surface area contributed by atoms with Crippen LogP contribution in [0.4, 0.5) is 8.78 Å². The van der Waals surface area contributed by atoms with Crippen LogP contribution in [-0.2, 0) is 0 Å². The minimum Gasteiger partial charge on any atom is -0.395 e. The van der Waals surface area contributed by atoms with Crippen molar-refractivity contribution in [3.05, 3.63) is 35.4 Å². The van der Waals surface area contributed by atoms with E-state index in [1.54, 1.807) is 0 Å². The molecule has 0 aromatic heterocycles. The molecule has 0 unspecified atom stereocenters. The highest BCUT2D eigenvalue weighted by molar-refractivity contribution is 5.25. The number of nitrogens with one attached hydrogen (secondary N) is 1. The largest absolute Gasteiger partial charge is 0.395 e. The number of aliphatic hydroxyl groups is 1. The quantitative estimate of drug-likeness (QED) is 0.778. The average molecular weight is 213 g/mol. The zero-order chi connectivity index (χ0) is 10.8. The number of hydrogen-bond acceptors (Lipinski definition) is 2. The van der Waals surface area contributed by atoms with Crippen LogP contribution in [0.15, 0.2) is 18.2 Å². The second-order valence-electron chi connectivity index (χ2n) is 3.80. The van der Waals surface area contributed by atoms with E-state index >= 15 is 0 Å². The van der Waals surface area contributed by atoms with Crippen molar-refractivity contribution in [2.75, 3.05) is 13.2 Å². The fraction of sp³-hybridized carbons (Fsp3) is 0.455. The molecular formula is C11H13F2NO. The maximum atomic E-state index is 13.5. The Morgan fingerprint density at radius 3 is 2.87 bits per heavy atom. The monoisotopic (exact) mass is 213 g/mol. The molecule has 0 saturated carbocycles. The lowest BCUT2D eigenvalue weighted by molar-refractivity contribution is 0.244. The molecule has 0 bridgehead atoms. The molecule has 1 saturated heterocycles. The van der Waals surface area contributed by atoms with Gasteiger partial charge in [-0.25, -0.2) is 8.78 Å². The van der Waals surface area contributed by atoms with Gasteiger partial charge in [-0.05, 0) is 24.6 Å². The van der Waals surface area contributed by atoms with Gasteiger partial charge in [-0.2, -0.15) is 0 Å². The standard InChI is InChI=1S/C11H13F2NO/c12-7-1-2-8(10(13)5-7)9-3-4-14-11(9)6-15/h1-2,5,9,11,14-15H,3-4,6H2/t9-,11-/m1/s1. The van der Waals surface area contributed by atoms with E-state index in [0.717, 1.165) is 19.0 Å². The van der Waals surface area contributed by atoms with Crippen LogP contribution in [0, 0.1) is 11.6 Å². The summed E-state index contributed by atoms with van der Waals surface area (Å²) in [6.07, 6.45) is 0.772. The van der Waals surface area contributed by atoms with Crippen LogP contribution in [0.1, 0.15) is 17.9 Å². The van der Waals surface area contributed by atoms with Gasteiger partial charge in [0.15, 0.2) is 0 Å². The smallest absolute Gasteiger partial charge is 0.129 e. The van der Waals surface area contributed by atoms with Crippen molar-refractivity contribution in [3.8, 4) is 0 Å². The van der Waals surface area contributed by atoms with Gasteiger partial charge in [0, 0.05) is 18.0 Å². The van der Waals surface area contributed by atoms with Crippen LogP contribution in [-0.4, -0.2) is 24.3 Å². The Morgan fingerprint density at radius 2 is 2.20 bits per heavy atom. The van der Waals surface area contributed by atoms with Gasteiger partial charge < -0.3 is 10.4 Å². The van der Waals surface area contributed by atoms with Crippen LogP contribution in [0.5, 0.6) is 0 Å². The van der Waals surface area contributed by atoms with Crippen molar-refractivity contribution in [1.82, 2.24) is 5.32 Å². The lowest BCUT2D eigenvalue weighted by Gasteiger charge is -2.18. The van der Waals surface area contributed by atoms with Crippen molar-refractivity contribution in [3.63, 3.8) is 0 Å². The third-order valence-corrected chi connectivity index (χ3v) is 2.91. The van der Waals surface area contributed by atoms with Gasteiger partial charge in [-0.3, -0.25) is 0 Å². The molecule has 1 heterocycles. The van der Waals surface area contributed by atoms with Crippen LogP contribution in [0.25, 0.3) is 0 Å². The van der Waals surface area contributed by atoms with Gasteiger partial charge in [0.25, 0.3) is 0 Å². The molecular weight excluding hydrogens is 200 g/mol. The second-order valence-corrected chi connectivity index (χ2v) is 3.80. The fourth-order valence-electron chi connectivity index (χ4n) is 2.13. The highest BCUT2D eigenvalue weighted by Crippen LogP contribution is 2.29. The summed E-state index contributed by atoms with van der Waals surface area (Å²) in [5.41, 5.74) is 0.487. The average Bonchev–Trinajstić information content (AvgIpc) is 2.65. The Labute approximate surface area is 86.9 Å². The van der Waals surface area contributed by atoms with Gasteiger partial charge in [0.2, 0.25) is 0 Å². The highest BCUT2D eigenvalue weighted by atomic mass is 19.1. The molecule has 82 valence electrons. The first kappa shape index (κ1) is 10.5. The number of aliphatic hydroxyl groups excluding tert-OH is 1. The fourth-order valence-corrected chi connectivity index (χ4v) is 2.13. The Bertz CT molecular complexity index is 356. The van der Waals surface area contributed by atoms with E-state index in [0.29, 0.717) is 5.56 Å². The predicted molar refractivity (Wildman–Crippen MR) is 52.6 cm³/mol. The minimum absolute atomic E-state index is 0.0263.